The average molecular weight is 398 g/mol. The van der Waals surface area contributed by atoms with Gasteiger partial charge in [0.2, 0.25) is 5.91 Å². The van der Waals surface area contributed by atoms with Crippen molar-refractivity contribution < 1.29 is 23.8 Å². The molecule has 0 spiro atoms. The van der Waals surface area contributed by atoms with Crippen LogP contribution in [0.3, 0.4) is 0 Å². The van der Waals surface area contributed by atoms with Crippen LogP contribution in [0.15, 0.2) is 48.5 Å². The molecule has 1 saturated heterocycles. The summed E-state index contributed by atoms with van der Waals surface area (Å²) in [5, 5.41) is 2.77. The highest BCUT2D eigenvalue weighted by Crippen LogP contribution is 2.24. The van der Waals surface area contributed by atoms with E-state index < -0.39 is 6.04 Å². The molecule has 2 atom stereocenters. The second-order valence-corrected chi connectivity index (χ2v) is 6.85. The highest BCUT2D eigenvalue weighted by atomic mass is 16.5. The van der Waals surface area contributed by atoms with Gasteiger partial charge in [-0.05, 0) is 24.6 Å². The van der Waals surface area contributed by atoms with Gasteiger partial charge in [-0.1, -0.05) is 30.3 Å². The van der Waals surface area contributed by atoms with E-state index in [1.807, 2.05) is 30.3 Å². The van der Waals surface area contributed by atoms with E-state index in [0.717, 1.165) is 5.56 Å². The molecule has 1 N–H and O–H groups in total. The van der Waals surface area contributed by atoms with Crippen LogP contribution in [-0.2, 0) is 9.53 Å². The minimum absolute atomic E-state index is 0.141. The number of benzene rings is 2. The number of carbonyl (C=O) groups is 2. The Balaban J connectivity index is 1.65. The van der Waals surface area contributed by atoms with E-state index in [1.165, 1.54) is 14.2 Å². The molecule has 0 radical (unpaired) electrons. The van der Waals surface area contributed by atoms with Crippen molar-refractivity contribution in [3.63, 3.8) is 0 Å². The number of nitrogens with zero attached hydrogens (tertiary/aromatic N) is 1. The average Bonchev–Trinajstić information content (AvgIpc) is 2.78. The van der Waals surface area contributed by atoms with Gasteiger partial charge in [0, 0.05) is 18.2 Å². The molecule has 1 fully saturated rings. The largest absolute Gasteiger partial charge is 0.497 e. The van der Waals surface area contributed by atoms with Gasteiger partial charge >= 0.3 is 0 Å². The van der Waals surface area contributed by atoms with E-state index in [9.17, 15) is 9.59 Å². The number of rotatable bonds is 6. The lowest BCUT2D eigenvalue weighted by Gasteiger charge is -2.34. The number of carbonyl (C=O) groups excluding carboxylic acids is 2. The lowest BCUT2D eigenvalue weighted by molar-refractivity contribution is -0.140. The Bertz CT molecular complexity index is 833. The standard InChI is InChI=1S/C22H26N2O5/c1-15(23-21(25)17-11-18(27-2)13-19(12-17)28-3)22(26)24-9-10-29-20(14-24)16-7-5-4-6-8-16/h4-8,11-13,15,20H,9-10,14H2,1-3H3,(H,23,25)/t15-,20?/m0/s1. The van der Waals surface area contributed by atoms with E-state index in [0.29, 0.717) is 36.8 Å². The number of hydrogen-bond donors (Lipinski definition) is 1. The van der Waals surface area contributed by atoms with E-state index in [4.69, 9.17) is 14.2 Å². The van der Waals surface area contributed by atoms with Crippen molar-refractivity contribution in [2.45, 2.75) is 19.1 Å². The van der Waals surface area contributed by atoms with Crippen LogP contribution in [0.2, 0.25) is 0 Å². The van der Waals surface area contributed by atoms with Gasteiger partial charge in [0.15, 0.2) is 0 Å². The maximum Gasteiger partial charge on any atom is 0.252 e. The zero-order valence-electron chi connectivity index (χ0n) is 16.9. The van der Waals surface area contributed by atoms with Crippen LogP contribution in [0.4, 0.5) is 0 Å². The van der Waals surface area contributed by atoms with Crippen LogP contribution < -0.4 is 14.8 Å². The second kappa shape index (κ2) is 9.43. The number of amides is 2. The Labute approximate surface area is 170 Å². The van der Waals surface area contributed by atoms with E-state index in [1.54, 1.807) is 30.0 Å². The molecule has 0 bridgehead atoms. The monoisotopic (exact) mass is 398 g/mol. The first-order chi connectivity index (χ1) is 14.0. The van der Waals surface area contributed by atoms with Gasteiger partial charge in [0.1, 0.15) is 23.6 Å². The molecule has 1 aliphatic rings. The van der Waals surface area contributed by atoms with Crippen LogP contribution in [0.5, 0.6) is 11.5 Å². The molecule has 2 amide bonds. The van der Waals surface area contributed by atoms with Crippen LogP contribution in [-0.4, -0.2) is 56.7 Å². The van der Waals surface area contributed by atoms with Gasteiger partial charge in [-0.15, -0.1) is 0 Å². The zero-order valence-corrected chi connectivity index (χ0v) is 16.9. The van der Waals surface area contributed by atoms with Crippen molar-refractivity contribution in [3.05, 3.63) is 59.7 Å². The summed E-state index contributed by atoms with van der Waals surface area (Å²) in [6, 6.07) is 14.0. The molecule has 2 aromatic rings. The number of nitrogens with one attached hydrogen (secondary N) is 1. The molecule has 0 aromatic heterocycles. The summed E-state index contributed by atoms with van der Waals surface area (Å²) in [4.78, 5) is 27.3. The minimum Gasteiger partial charge on any atom is -0.497 e. The Morgan fingerprint density at radius 3 is 2.38 bits per heavy atom. The molecule has 2 aromatic carbocycles. The quantitative estimate of drug-likeness (QED) is 0.809. The third kappa shape index (κ3) is 5.06. The molecule has 7 heteroatoms. The maximum absolute atomic E-state index is 12.9. The summed E-state index contributed by atoms with van der Waals surface area (Å²) in [6.07, 6.45) is -0.167. The molecular weight excluding hydrogens is 372 g/mol. The number of methoxy groups -OCH3 is 2. The number of ether oxygens (including phenoxy) is 3. The first kappa shape index (κ1) is 20.7. The van der Waals surface area contributed by atoms with E-state index >= 15 is 0 Å². The normalized spacial score (nSPS) is 17.3. The van der Waals surface area contributed by atoms with Gasteiger partial charge in [-0.3, -0.25) is 9.59 Å². The molecule has 0 saturated carbocycles. The summed E-state index contributed by atoms with van der Waals surface area (Å²) < 4.78 is 16.2. The van der Waals surface area contributed by atoms with Gasteiger partial charge in [0.05, 0.1) is 27.4 Å². The fraction of sp³-hybridized carbons (Fsp3) is 0.364. The van der Waals surface area contributed by atoms with Gasteiger partial charge < -0.3 is 24.4 Å². The van der Waals surface area contributed by atoms with Crippen molar-refractivity contribution >= 4 is 11.8 Å². The Morgan fingerprint density at radius 2 is 1.76 bits per heavy atom. The topological polar surface area (TPSA) is 77.1 Å². The highest BCUT2D eigenvalue weighted by molar-refractivity contribution is 5.98. The molecule has 1 aliphatic heterocycles. The van der Waals surface area contributed by atoms with Gasteiger partial charge in [-0.2, -0.15) is 0 Å². The van der Waals surface area contributed by atoms with Crippen molar-refractivity contribution in [3.8, 4) is 11.5 Å². The summed E-state index contributed by atoms with van der Waals surface area (Å²) in [5.74, 6) is 0.507. The third-order valence-electron chi connectivity index (χ3n) is 4.88. The summed E-state index contributed by atoms with van der Waals surface area (Å²) >= 11 is 0. The van der Waals surface area contributed by atoms with Crippen molar-refractivity contribution in [1.82, 2.24) is 10.2 Å². The SMILES string of the molecule is COc1cc(OC)cc(C(=O)N[C@@H](C)C(=O)N2CCOC(c3ccccc3)C2)c1. The van der Waals surface area contributed by atoms with Crippen LogP contribution in [0, 0.1) is 0 Å². The Kier molecular flexibility index (Phi) is 6.72. The van der Waals surface area contributed by atoms with Crippen molar-refractivity contribution in [2.24, 2.45) is 0 Å². The number of hydrogen-bond acceptors (Lipinski definition) is 5. The molecule has 29 heavy (non-hydrogen) atoms. The molecule has 154 valence electrons. The third-order valence-corrected chi connectivity index (χ3v) is 4.88. The summed E-state index contributed by atoms with van der Waals surface area (Å²) in [5.41, 5.74) is 1.40. The lowest BCUT2D eigenvalue weighted by atomic mass is 10.1. The fourth-order valence-corrected chi connectivity index (χ4v) is 3.27. The zero-order chi connectivity index (χ0) is 20.8. The van der Waals surface area contributed by atoms with Gasteiger partial charge in [0.25, 0.3) is 5.91 Å². The van der Waals surface area contributed by atoms with Crippen LogP contribution in [0.25, 0.3) is 0 Å². The van der Waals surface area contributed by atoms with E-state index in [-0.39, 0.29) is 17.9 Å². The van der Waals surface area contributed by atoms with Crippen molar-refractivity contribution in [2.75, 3.05) is 33.9 Å². The summed E-state index contributed by atoms with van der Waals surface area (Å²) in [7, 11) is 3.04. The predicted octanol–water partition coefficient (Wildman–Crippen LogP) is 2.42. The molecular formula is C22H26N2O5. The Morgan fingerprint density at radius 1 is 1.10 bits per heavy atom. The number of morpholine rings is 1. The second-order valence-electron chi connectivity index (χ2n) is 6.85. The minimum atomic E-state index is -0.672. The molecule has 3 rings (SSSR count). The maximum atomic E-state index is 12.9. The predicted molar refractivity (Wildman–Crippen MR) is 108 cm³/mol. The van der Waals surface area contributed by atoms with Crippen LogP contribution in [0.1, 0.15) is 28.9 Å². The molecule has 7 nitrogen and oxygen atoms in total. The first-order valence-electron chi connectivity index (χ1n) is 9.51. The molecule has 1 heterocycles. The summed E-state index contributed by atoms with van der Waals surface area (Å²) in [6.45, 7) is 3.09. The molecule has 0 aliphatic carbocycles. The Hall–Kier alpha value is -3.06. The first-order valence-corrected chi connectivity index (χ1v) is 9.51. The van der Waals surface area contributed by atoms with Crippen LogP contribution >= 0.6 is 0 Å². The van der Waals surface area contributed by atoms with Gasteiger partial charge in [-0.25, -0.2) is 0 Å². The van der Waals surface area contributed by atoms with Crippen molar-refractivity contribution in [1.29, 1.82) is 0 Å². The lowest BCUT2D eigenvalue weighted by Crippen LogP contribution is -2.51. The smallest absolute Gasteiger partial charge is 0.252 e. The fourth-order valence-electron chi connectivity index (χ4n) is 3.27. The highest BCUT2D eigenvalue weighted by Gasteiger charge is 2.29. The van der Waals surface area contributed by atoms with E-state index in [2.05, 4.69) is 5.32 Å². The molecule has 1 unspecified atom stereocenters.